The summed E-state index contributed by atoms with van der Waals surface area (Å²) in [6.45, 7) is 17.3. The van der Waals surface area contributed by atoms with Gasteiger partial charge < -0.3 is 0 Å². The molecule has 0 unspecified atom stereocenters. The van der Waals surface area contributed by atoms with Gasteiger partial charge in [-0.1, -0.05) is 47.6 Å². The van der Waals surface area contributed by atoms with Crippen molar-refractivity contribution in [2.75, 3.05) is 0 Å². The van der Waals surface area contributed by atoms with Crippen molar-refractivity contribution in [2.24, 2.45) is 0 Å². The molecule has 2 aromatic heterocycles. The average Bonchev–Trinajstić information content (AvgIpc) is 2.37. The molecular formula is C20H30N2. The zero-order chi connectivity index (χ0) is 17.0. The Balaban J connectivity index is 0.000000220. The van der Waals surface area contributed by atoms with Crippen molar-refractivity contribution in [1.29, 1.82) is 0 Å². The van der Waals surface area contributed by atoms with Gasteiger partial charge in [0.25, 0.3) is 0 Å². The number of pyridine rings is 2. The monoisotopic (exact) mass is 298 g/mol. The molecule has 0 N–H and O–H groups in total. The van der Waals surface area contributed by atoms with Gasteiger partial charge in [-0.3, -0.25) is 9.97 Å². The van der Waals surface area contributed by atoms with Crippen molar-refractivity contribution in [1.82, 2.24) is 9.97 Å². The van der Waals surface area contributed by atoms with Crippen molar-refractivity contribution >= 4 is 0 Å². The van der Waals surface area contributed by atoms with Crippen molar-refractivity contribution in [3.05, 3.63) is 59.2 Å². The Labute approximate surface area is 136 Å². The predicted octanol–water partition coefficient (Wildman–Crippen LogP) is 5.38. The lowest BCUT2D eigenvalue weighted by molar-refractivity contribution is 0.587. The fourth-order valence-corrected chi connectivity index (χ4v) is 1.98. The minimum absolute atomic E-state index is 0.221. The molecule has 0 radical (unpaired) electrons. The van der Waals surface area contributed by atoms with E-state index in [2.05, 4.69) is 76.6 Å². The van der Waals surface area contributed by atoms with Gasteiger partial charge in [0.05, 0.1) is 0 Å². The third-order valence-electron chi connectivity index (χ3n) is 3.50. The standard InChI is InChI=1S/2C10H15N/c1-8-5-9(7-11-6-8)10(2,3)4;1-8-7-9(5-6-11-8)10(2,3)4/h2*5-7H,1-4H3. The molecule has 22 heavy (non-hydrogen) atoms. The first-order chi connectivity index (χ1) is 10.00. The topological polar surface area (TPSA) is 25.8 Å². The van der Waals surface area contributed by atoms with E-state index in [-0.39, 0.29) is 10.8 Å². The molecule has 120 valence electrons. The Kier molecular flexibility index (Phi) is 5.87. The maximum Gasteiger partial charge on any atom is 0.0375 e. The van der Waals surface area contributed by atoms with Crippen molar-refractivity contribution in [3.8, 4) is 0 Å². The molecule has 2 aromatic rings. The molecule has 0 spiro atoms. The highest BCUT2D eigenvalue weighted by atomic mass is 14.6. The van der Waals surface area contributed by atoms with Crippen LogP contribution in [0.4, 0.5) is 0 Å². The second kappa shape index (κ2) is 7.04. The Morgan fingerprint density at radius 2 is 1.36 bits per heavy atom. The lowest BCUT2D eigenvalue weighted by atomic mass is 9.87. The van der Waals surface area contributed by atoms with Crippen LogP contribution < -0.4 is 0 Å². The third kappa shape index (κ3) is 5.97. The molecule has 0 aromatic carbocycles. The minimum Gasteiger partial charge on any atom is -0.264 e. The maximum atomic E-state index is 4.15. The van der Waals surface area contributed by atoms with E-state index in [4.69, 9.17) is 0 Å². The molecule has 0 fully saturated rings. The first kappa shape index (κ1) is 18.3. The number of rotatable bonds is 0. The van der Waals surface area contributed by atoms with Gasteiger partial charge in [0, 0.05) is 24.3 Å². The first-order valence-corrected chi connectivity index (χ1v) is 7.85. The first-order valence-electron chi connectivity index (χ1n) is 7.85. The van der Waals surface area contributed by atoms with E-state index in [1.54, 1.807) is 0 Å². The van der Waals surface area contributed by atoms with Gasteiger partial charge >= 0.3 is 0 Å². The molecule has 0 aliphatic heterocycles. The summed E-state index contributed by atoms with van der Waals surface area (Å²) in [5.74, 6) is 0. The zero-order valence-electron chi connectivity index (χ0n) is 15.4. The van der Waals surface area contributed by atoms with Crippen LogP contribution in [0, 0.1) is 13.8 Å². The molecule has 2 heterocycles. The van der Waals surface area contributed by atoms with Crippen LogP contribution in [-0.2, 0) is 10.8 Å². The summed E-state index contributed by atoms with van der Waals surface area (Å²) in [7, 11) is 0. The normalized spacial score (nSPS) is 11.6. The predicted molar refractivity (Wildman–Crippen MR) is 95.3 cm³/mol. The highest BCUT2D eigenvalue weighted by Gasteiger charge is 2.13. The Morgan fingerprint density at radius 1 is 0.773 bits per heavy atom. The third-order valence-corrected chi connectivity index (χ3v) is 3.50. The van der Waals surface area contributed by atoms with E-state index in [0.29, 0.717) is 0 Å². The van der Waals surface area contributed by atoms with Crippen molar-refractivity contribution in [2.45, 2.75) is 66.2 Å². The number of aromatic nitrogens is 2. The van der Waals surface area contributed by atoms with Crippen LogP contribution in [0.25, 0.3) is 0 Å². The van der Waals surface area contributed by atoms with Gasteiger partial charge in [0.2, 0.25) is 0 Å². The van der Waals surface area contributed by atoms with Gasteiger partial charge in [-0.25, -0.2) is 0 Å². The number of nitrogens with zero attached hydrogens (tertiary/aromatic N) is 2. The zero-order valence-corrected chi connectivity index (χ0v) is 15.4. The van der Waals surface area contributed by atoms with E-state index in [0.717, 1.165) is 5.69 Å². The lowest BCUT2D eigenvalue weighted by Crippen LogP contribution is -2.11. The quantitative estimate of drug-likeness (QED) is 0.653. The molecule has 0 bridgehead atoms. The van der Waals surface area contributed by atoms with Gasteiger partial charge in [-0.2, -0.15) is 0 Å². The molecule has 2 heteroatoms. The summed E-state index contributed by atoms with van der Waals surface area (Å²) in [6, 6.07) is 6.40. The van der Waals surface area contributed by atoms with Crippen LogP contribution in [0.2, 0.25) is 0 Å². The van der Waals surface area contributed by atoms with Crippen LogP contribution in [0.5, 0.6) is 0 Å². The number of aryl methyl sites for hydroxylation is 2. The van der Waals surface area contributed by atoms with E-state index >= 15 is 0 Å². The molecular weight excluding hydrogens is 268 g/mol. The summed E-state index contributed by atoms with van der Waals surface area (Å²) in [5, 5.41) is 0. The smallest absolute Gasteiger partial charge is 0.0375 e. The largest absolute Gasteiger partial charge is 0.264 e. The SMILES string of the molecule is Cc1cc(C(C)(C)C)ccn1.Cc1cncc(C(C)(C)C)c1. The number of hydrogen-bond donors (Lipinski definition) is 0. The van der Waals surface area contributed by atoms with Gasteiger partial charge in [0.15, 0.2) is 0 Å². The fourth-order valence-electron chi connectivity index (χ4n) is 1.98. The molecule has 0 aliphatic rings. The molecule has 0 saturated carbocycles. The van der Waals surface area contributed by atoms with E-state index < -0.39 is 0 Å². The van der Waals surface area contributed by atoms with Gasteiger partial charge in [-0.05, 0) is 53.5 Å². The van der Waals surface area contributed by atoms with Gasteiger partial charge in [-0.15, -0.1) is 0 Å². The van der Waals surface area contributed by atoms with Crippen molar-refractivity contribution < 1.29 is 0 Å². The van der Waals surface area contributed by atoms with Crippen LogP contribution in [0.3, 0.4) is 0 Å². The summed E-state index contributed by atoms with van der Waals surface area (Å²) < 4.78 is 0. The highest BCUT2D eigenvalue weighted by Crippen LogP contribution is 2.22. The molecule has 2 rings (SSSR count). The highest BCUT2D eigenvalue weighted by molar-refractivity contribution is 5.23. The molecule has 0 saturated heterocycles. The molecule has 0 amide bonds. The summed E-state index contributed by atoms with van der Waals surface area (Å²) >= 11 is 0. The van der Waals surface area contributed by atoms with E-state index in [1.807, 2.05) is 25.5 Å². The molecule has 2 nitrogen and oxygen atoms in total. The second-order valence-corrected chi connectivity index (χ2v) is 7.94. The Bertz CT molecular complexity index is 546. The average molecular weight is 298 g/mol. The lowest BCUT2D eigenvalue weighted by Gasteiger charge is -2.18. The van der Waals surface area contributed by atoms with E-state index in [1.165, 1.54) is 16.7 Å². The Morgan fingerprint density at radius 3 is 1.73 bits per heavy atom. The second-order valence-electron chi connectivity index (χ2n) is 7.94. The van der Waals surface area contributed by atoms with Gasteiger partial charge in [0.1, 0.15) is 0 Å². The molecule has 0 atom stereocenters. The summed E-state index contributed by atoms with van der Waals surface area (Å²) in [4.78, 5) is 8.30. The van der Waals surface area contributed by atoms with Crippen LogP contribution >= 0.6 is 0 Å². The number of hydrogen-bond acceptors (Lipinski definition) is 2. The van der Waals surface area contributed by atoms with Crippen molar-refractivity contribution in [3.63, 3.8) is 0 Å². The molecule has 0 aliphatic carbocycles. The van der Waals surface area contributed by atoms with E-state index in [9.17, 15) is 0 Å². The fraction of sp³-hybridized carbons (Fsp3) is 0.500. The minimum atomic E-state index is 0.221. The van der Waals surface area contributed by atoms with Crippen LogP contribution in [0.1, 0.15) is 63.9 Å². The summed E-state index contributed by atoms with van der Waals surface area (Å²) in [5.41, 5.74) is 5.45. The van der Waals surface area contributed by atoms with Crippen LogP contribution in [-0.4, -0.2) is 9.97 Å². The van der Waals surface area contributed by atoms with Crippen LogP contribution in [0.15, 0.2) is 36.8 Å². The maximum absolute atomic E-state index is 4.15. The summed E-state index contributed by atoms with van der Waals surface area (Å²) in [6.07, 6.45) is 5.69. The Hall–Kier alpha value is -1.70.